The number of likely N-dealkylation sites (tertiary alicyclic amines) is 1. The first-order chi connectivity index (χ1) is 8.63. The lowest BCUT2D eigenvalue weighted by Gasteiger charge is -2.30. The van der Waals surface area contributed by atoms with Gasteiger partial charge in [0.2, 0.25) is 0 Å². The van der Waals surface area contributed by atoms with E-state index in [-0.39, 0.29) is 11.8 Å². The Labute approximate surface area is 106 Å². The minimum Gasteiger partial charge on any atom is -0.435 e. The van der Waals surface area contributed by atoms with Crippen molar-refractivity contribution in [1.29, 1.82) is 0 Å². The zero-order chi connectivity index (χ0) is 13.0. The highest BCUT2D eigenvalue weighted by molar-refractivity contribution is 5.27. The Kier molecular flexibility index (Phi) is 4.49. The van der Waals surface area contributed by atoms with Crippen molar-refractivity contribution in [2.24, 2.45) is 5.73 Å². The molecule has 100 valence electrons. The predicted octanol–water partition coefficient (Wildman–Crippen LogP) is 2.21. The van der Waals surface area contributed by atoms with Gasteiger partial charge in [0, 0.05) is 19.1 Å². The number of nitrogens with zero attached hydrogens (tertiary/aromatic N) is 1. The lowest BCUT2D eigenvalue weighted by atomic mass is 10.1. The van der Waals surface area contributed by atoms with Gasteiger partial charge in [-0.3, -0.25) is 4.90 Å². The summed E-state index contributed by atoms with van der Waals surface area (Å²) in [5.74, 6) is 0.198. The van der Waals surface area contributed by atoms with Gasteiger partial charge in [-0.2, -0.15) is 8.78 Å². The summed E-state index contributed by atoms with van der Waals surface area (Å²) >= 11 is 0. The number of benzene rings is 1. The number of alkyl halides is 2. The van der Waals surface area contributed by atoms with Crippen LogP contribution in [0.15, 0.2) is 24.3 Å². The minimum absolute atomic E-state index is 0.198. The first-order valence-corrected chi connectivity index (χ1v) is 6.15. The van der Waals surface area contributed by atoms with Crippen LogP contribution in [0.4, 0.5) is 8.78 Å². The average Bonchev–Trinajstić information content (AvgIpc) is 2.31. The molecule has 0 spiro atoms. The van der Waals surface area contributed by atoms with E-state index in [1.54, 1.807) is 12.1 Å². The van der Waals surface area contributed by atoms with E-state index >= 15 is 0 Å². The lowest BCUT2D eigenvalue weighted by molar-refractivity contribution is -0.0498. The molecule has 1 fully saturated rings. The van der Waals surface area contributed by atoms with E-state index in [0.29, 0.717) is 0 Å². The maximum atomic E-state index is 12.0. The van der Waals surface area contributed by atoms with Crippen LogP contribution in [0.25, 0.3) is 0 Å². The lowest BCUT2D eigenvalue weighted by Crippen LogP contribution is -2.42. The second-order valence-corrected chi connectivity index (χ2v) is 4.66. The van der Waals surface area contributed by atoms with Gasteiger partial charge in [-0.05, 0) is 37.1 Å². The number of ether oxygens (including phenoxy) is 1. The number of piperidine rings is 1. The first-order valence-electron chi connectivity index (χ1n) is 6.15. The third kappa shape index (κ3) is 3.92. The second kappa shape index (κ2) is 6.11. The van der Waals surface area contributed by atoms with E-state index in [2.05, 4.69) is 9.64 Å². The second-order valence-electron chi connectivity index (χ2n) is 4.66. The van der Waals surface area contributed by atoms with Crippen molar-refractivity contribution < 1.29 is 13.5 Å². The molecular weight excluding hydrogens is 238 g/mol. The van der Waals surface area contributed by atoms with E-state index in [1.165, 1.54) is 0 Å². The first kappa shape index (κ1) is 13.2. The van der Waals surface area contributed by atoms with Crippen LogP contribution >= 0.6 is 0 Å². The molecule has 1 unspecified atom stereocenters. The van der Waals surface area contributed by atoms with E-state index in [4.69, 9.17) is 5.73 Å². The molecule has 2 rings (SSSR count). The highest BCUT2D eigenvalue weighted by Gasteiger charge is 2.16. The highest BCUT2D eigenvalue weighted by Crippen LogP contribution is 2.17. The average molecular weight is 256 g/mol. The normalized spacial score (nSPS) is 21.2. The Morgan fingerprint density at radius 1 is 1.33 bits per heavy atom. The van der Waals surface area contributed by atoms with Crippen molar-refractivity contribution >= 4 is 0 Å². The molecule has 1 heterocycles. The molecule has 1 atom stereocenters. The molecule has 1 aromatic carbocycles. The Hall–Kier alpha value is -1.20. The molecule has 5 heteroatoms. The Bertz CT molecular complexity index is 370. The predicted molar refractivity (Wildman–Crippen MR) is 65.6 cm³/mol. The summed E-state index contributed by atoms with van der Waals surface area (Å²) in [7, 11) is 0. The van der Waals surface area contributed by atoms with Crippen LogP contribution in [-0.4, -0.2) is 30.6 Å². The molecule has 0 amide bonds. The molecule has 1 aliphatic rings. The molecule has 1 aliphatic heterocycles. The third-order valence-electron chi connectivity index (χ3n) is 3.10. The number of rotatable bonds is 4. The molecule has 0 saturated carbocycles. The maximum Gasteiger partial charge on any atom is 0.387 e. The molecule has 1 aromatic rings. The van der Waals surface area contributed by atoms with Gasteiger partial charge in [0.05, 0.1) is 0 Å². The Morgan fingerprint density at radius 3 is 2.67 bits per heavy atom. The van der Waals surface area contributed by atoms with Crippen molar-refractivity contribution in [3.05, 3.63) is 29.8 Å². The topological polar surface area (TPSA) is 38.5 Å². The van der Waals surface area contributed by atoms with Crippen LogP contribution < -0.4 is 10.5 Å². The van der Waals surface area contributed by atoms with Gasteiger partial charge in [0.25, 0.3) is 0 Å². The molecule has 0 aliphatic carbocycles. The van der Waals surface area contributed by atoms with Crippen molar-refractivity contribution in [2.75, 3.05) is 13.1 Å². The summed E-state index contributed by atoms with van der Waals surface area (Å²) < 4.78 is 28.3. The zero-order valence-electron chi connectivity index (χ0n) is 10.2. The monoisotopic (exact) mass is 256 g/mol. The van der Waals surface area contributed by atoms with Crippen molar-refractivity contribution in [1.82, 2.24) is 4.90 Å². The fourth-order valence-corrected chi connectivity index (χ4v) is 2.27. The SMILES string of the molecule is NC1CCCN(Cc2ccc(OC(F)F)cc2)C1. The molecular formula is C13H18F2N2O. The van der Waals surface area contributed by atoms with Crippen LogP contribution in [0.5, 0.6) is 5.75 Å². The highest BCUT2D eigenvalue weighted by atomic mass is 19.3. The van der Waals surface area contributed by atoms with E-state index < -0.39 is 6.61 Å². The summed E-state index contributed by atoms with van der Waals surface area (Å²) in [6.45, 7) is -0.0167. The zero-order valence-corrected chi connectivity index (χ0v) is 10.2. The smallest absolute Gasteiger partial charge is 0.387 e. The van der Waals surface area contributed by atoms with Crippen LogP contribution in [0.3, 0.4) is 0 Å². The summed E-state index contributed by atoms with van der Waals surface area (Å²) in [5.41, 5.74) is 7.00. The molecule has 1 saturated heterocycles. The van der Waals surface area contributed by atoms with Gasteiger partial charge < -0.3 is 10.5 Å². The van der Waals surface area contributed by atoms with Gasteiger partial charge in [-0.1, -0.05) is 12.1 Å². The molecule has 2 N–H and O–H groups in total. The quantitative estimate of drug-likeness (QED) is 0.897. The van der Waals surface area contributed by atoms with Gasteiger partial charge >= 0.3 is 6.61 Å². The maximum absolute atomic E-state index is 12.0. The fraction of sp³-hybridized carbons (Fsp3) is 0.538. The minimum atomic E-state index is -2.77. The van der Waals surface area contributed by atoms with Crippen molar-refractivity contribution in [3.63, 3.8) is 0 Å². The van der Waals surface area contributed by atoms with Crippen molar-refractivity contribution in [2.45, 2.75) is 32.0 Å². The molecule has 0 bridgehead atoms. The van der Waals surface area contributed by atoms with Gasteiger partial charge in [-0.15, -0.1) is 0 Å². The van der Waals surface area contributed by atoms with E-state index in [1.807, 2.05) is 12.1 Å². The summed E-state index contributed by atoms with van der Waals surface area (Å²) in [4.78, 5) is 2.29. The van der Waals surface area contributed by atoms with Crippen LogP contribution in [0.1, 0.15) is 18.4 Å². The van der Waals surface area contributed by atoms with E-state index in [9.17, 15) is 8.78 Å². The number of nitrogens with two attached hydrogens (primary N) is 1. The van der Waals surface area contributed by atoms with Crippen LogP contribution in [0, 0.1) is 0 Å². The van der Waals surface area contributed by atoms with Gasteiger partial charge in [0.1, 0.15) is 5.75 Å². The standard InChI is InChI=1S/C13H18F2N2O/c14-13(15)18-12-5-3-10(4-6-12)8-17-7-1-2-11(16)9-17/h3-6,11,13H,1-2,7-9,16H2. The number of hydrogen-bond donors (Lipinski definition) is 1. The Balaban J connectivity index is 1.89. The molecule has 3 nitrogen and oxygen atoms in total. The van der Waals surface area contributed by atoms with E-state index in [0.717, 1.165) is 38.0 Å². The fourth-order valence-electron chi connectivity index (χ4n) is 2.27. The molecule has 18 heavy (non-hydrogen) atoms. The number of hydrogen-bond acceptors (Lipinski definition) is 3. The Morgan fingerprint density at radius 2 is 2.06 bits per heavy atom. The van der Waals surface area contributed by atoms with Crippen molar-refractivity contribution in [3.8, 4) is 5.75 Å². The summed E-state index contributed by atoms with van der Waals surface area (Å²) in [5, 5.41) is 0. The third-order valence-corrected chi connectivity index (χ3v) is 3.10. The van der Waals surface area contributed by atoms with Crippen LogP contribution in [0.2, 0.25) is 0 Å². The van der Waals surface area contributed by atoms with Gasteiger partial charge in [-0.25, -0.2) is 0 Å². The molecule has 0 radical (unpaired) electrons. The largest absolute Gasteiger partial charge is 0.435 e. The summed E-state index contributed by atoms with van der Waals surface area (Å²) in [6, 6.07) is 7.03. The summed E-state index contributed by atoms with van der Waals surface area (Å²) in [6.07, 6.45) is 2.20. The number of halogens is 2. The van der Waals surface area contributed by atoms with Crippen LogP contribution in [-0.2, 0) is 6.54 Å². The molecule has 0 aromatic heterocycles. The van der Waals surface area contributed by atoms with Gasteiger partial charge in [0.15, 0.2) is 0 Å².